The highest BCUT2D eigenvalue weighted by molar-refractivity contribution is 6.06. The third kappa shape index (κ3) is 2.63. The largest absolute Gasteiger partial charge is 0.319 e. The average molecular weight is 267 g/mol. The zero-order valence-electron chi connectivity index (χ0n) is 11.7. The molecule has 0 radical (unpaired) electrons. The van der Waals surface area contributed by atoms with Crippen molar-refractivity contribution in [2.75, 3.05) is 13.1 Å². The molecule has 19 heavy (non-hydrogen) atoms. The van der Waals surface area contributed by atoms with Crippen LogP contribution < -0.4 is 10.6 Å². The normalized spacial score (nSPS) is 31.0. The lowest BCUT2D eigenvalue weighted by Crippen LogP contribution is -2.66. The van der Waals surface area contributed by atoms with E-state index in [4.69, 9.17) is 0 Å². The third-order valence-corrected chi connectivity index (χ3v) is 4.02. The van der Waals surface area contributed by atoms with Crippen molar-refractivity contribution in [1.82, 2.24) is 15.5 Å². The minimum atomic E-state index is -0.959. The maximum Gasteiger partial charge on any atom is 0.252 e. The van der Waals surface area contributed by atoms with E-state index in [0.717, 1.165) is 19.4 Å². The van der Waals surface area contributed by atoms with Gasteiger partial charge in [-0.15, -0.1) is 0 Å². The Morgan fingerprint density at radius 1 is 1.37 bits per heavy atom. The fraction of sp³-hybridized carbons (Fsp3) is 0.769. The van der Waals surface area contributed by atoms with Crippen LogP contribution in [0.15, 0.2) is 0 Å². The van der Waals surface area contributed by atoms with E-state index >= 15 is 0 Å². The summed E-state index contributed by atoms with van der Waals surface area (Å²) in [6.07, 6.45) is 1.51. The molecule has 3 amide bonds. The molecule has 2 aliphatic heterocycles. The Labute approximate surface area is 112 Å². The molecule has 0 saturated carbocycles. The van der Waals surface area contributed by atoms with Gasteiger partial charge in [-0.05, 0) is 40.2 Å². The van der Waals surface area contributed by atoms with E-state index in [1.807, 2.05) is 6.92 Å². The van der Waals surface area contributed by atoms with Crippen molar-refractivity contribution in [3.05, 3.63) is 0 Å². The monoisotopic (exact) mass is 267 g/mol. The molecule has 0 aromatic carbocycles. The van der Waals surface area contributed by atoms with E-state index in [0.29, 0.717) is 6.04 Å². The fourth-order valence-electron chi connectivity index (χ4n) is 2.71. The fourth-order valence-corrected chi connectivity index (χ4v) is 2.71. The van der Waals surface area contributed by atoms with Gasteiger partial charge in [0.15, 0.2) is 0 Å². The van der Waals surface area contributed by atoms with Crippen LogP contribution in [0.5, 0.6) is 0 Å². The molecule has 2 N–H and O–H groups in total. The van der Waals surface area contributed by atoms with Gasteiger partial charge in [0, 0.05) is 12.0 Å². The first-order valence-corrected chi connectivity index (χ1v) is 6.71. The zero-order chi connectivity index (χ0) is 14.2. The minimum absolute atomic E-state index is 0.0319. The Balaban J connectivity index is 2.16. The lowest BCUT2D eigenvalue weighted by molar-refractivity contribution is -0.158. The lowest BCUT2D eigenvalue weighted by Gasteiger charge is -2.42. The summed E-state index contributed by atoms with van der Waals surface area (Å²) < 4.78 is 0. The van der Waals surface area contributed by atoms with Gasteiger partial charge in [0.2, 0.25) is 11.8 Å². The second-order valence-electron chi connectivity index (χ2n) is 5.94. The number of carbonyl (C=O) groups excluding carboxylic acids is 3. The first-order valence-electron chi connectivity index (χ1n) is 6.71. The molecule has 2 rings (SSSR count). The molecule has 0 bridgehead atoms. The van der Waals surface area contributed by atoms with Gasteiger partial charge in [-0.25, -0.2) is 0 Å². The number of carbonyl (C=O) groups is 3. The van der Waals surface area contributed by atoms with Gasteiger partial charge < -0.3 is 10.2 Å². The predicted octanol–water partition coefficient (Wildman–Crippen LogP) is -0.362. The number of amides is 3. The van der Waals surface area contributed by atoms with Gasteiger partial charge in [-0.3, -0.25) is 19.7 Å². The summed E-state index contributed by atoms with van der Waals surface area (Å²) in [4.78, 5) is 37.3. The number of imide groups is 1. The molecular formula is C13H21N3O3. The summed E-state index contributed by atoms with van der Waals surface area (Å²) in [6.45, 7) is 6.16. The molecule has 0 spiro atoms. The first-order chi connectivity index (χ1) is 8.82. The van der Waals surface area contributed by atoms with Gasteiger partial charge in [0.25, 0.3) is 5.91 Å². The van der Waals surface area contributed by atoms with Crippen molar-refractivity contribution in [2.45, 2.75) is 45.2 Å². The van der Waals surface area contributed by atoms with E-state index in [9.17, 15) is 14.4 Å². The predicted molar refractivity (Wildman–Crippen MR) is 69.1 cm³/mol. The number of piperazine rings is 1. The van der Waals surface area contributed by atoms with Crippen LogP contribution in [-0.4, -0.2) is 47.3 Å². The topological polar surface area (TPSA) is 78.5 Å². The highest BCUT2D eigenvalue weighted by Gasteiger charge is 2.45. The summed E-state index contributed by atoms with van der Waals surface area (Å²) in [7, 11) is 0. The number of hydrogen-bond donors (Lipinski definition) is 2. The van der Waals surface area contributed by atoms with Gasteiger partial charge in [-0.2, -0.15) is 0 Å². The van der Waals surface area contributed by atoms with Gasteiger partial charge >= 0.3 is 0 Å². The Bertz CT molecular complexity index is 419. The number of hydrogen-bond acceptors (Lipinski definition) is 4. The van der Waals surface area contributed by atoms with E-state index < -0.39 is 17.4 Å². The number of nitrogens with one attached hydrogen (secondary N) is 2. The SMILES string of the molecule is CC1CC(C(=O)N2CC(=O)NC(=O)C2(C)C)CCN1. The van der Waals surface area contributed by atoms with Crippen molar-refractivity contribution < 1.29 is 14.4 Å². The Hall–Kier alpha value is -1.43. The van der Waals surface area contributed by atoms with Crippen molar-refractivity contribution in [1.29, 1.82) is 0 Å². The Morgan fingerprint density at radius 3 is 2.68 bits per heavy atom. The standard InChI is InChI=1S/C13H21N3O3/c1-8-6-9(4-5-14-8)11(18)16-7-10(17)15-12(19)13(16,2)3/h8-9,14H,4-7H2,1-3H3,(H,15,17,19). The van der Waals surface area contributed by atoms with E-state index in [1.165, 1.54) is 4.90 Å². The number of nitrogens with zero attached hydrogens (tertiary/aromatic N) is 1. The first kappa shape index (κ1) is 14.0. The minimum Gasteiger partial charge on any atom is -0.319 e. The molecule has 0 aromatic rings. The van der Waals surface area contributed by atoms with Gasteiger partial charge in [0.1, 0.15) is 12.1 Å². The van der Waals surface area contributed by atoms with Crippen molar-refractivity contribution in [3.8, 4) is 0 Å². The van der Waals surface area contributed by atoms with Crippen LogP contribution in [0.4, 0.5) is 0 Å². The van der Waals surface area contributed by atoms with E-state index in [2.05, 4.69) is 10.6 Å². The molecular weight excluding hydrogens is 246 g/mol. The van der Waals surface area contributed by atoms with Gasteiger partial charge in [0.05, 0.1) is 0 Å². The molecule has 2 atom stereocenters. The molecule has 0 aromatic heterocycles. The van der Waals surface area contributed by atoms with Crippen LogP contribution in [-0.2, 0) is 14.4 Å². The Kier molecular flexibility index (Phi) is 3.62. The van der Waals surface area contributed by atoms with Crippen LogP contribution >= 0.6 is 0 Å². The Morgan fingerprint density at radius 2 is 2.05 bits per heavy atom. The molecule has 2 fully saturated rings. The molecule has 2 heterocycles. The smallest absolute Gasteiger partial charge is 0.252 e. The zero-order valence-corrected chi connectivity index (χ0v) is 11.7. The summed E-state index contributed by atoms with van der Waals surface area (Å²) in [5.41, 5.74) is -0.959. The van der Waals surface area contributed by atoms with Crippen LogP contribution in [0.2, 0.25) is 0 Å². The summed E-state index contributed by atoms with van der Waals surface area (Å²) in [6, 6.07) is 0.292. The quantitative estimate of drug-likeness (QED) is 0.636. The third-order valence-electron chi connectivity index (χ3n) is 4.02. The highest BCUT2D eigenvalue weighted by Crippen LogP contribution is 2.25. The number of rotatable bonds is 1. The van der Waals surface area contributed by atoms with Crippen LogP contribution in [0, 0.1) is 5.92 Å². The van der Waals surface area contributed by atoms with Crippen molar-refractivity contribution in [3.63, 3.8) is 0 Å². The summed E-state index contributed by atoms with van der Waals surface area (Å²) in [5, 5.41) is 5.57. The van der Waals surface area contributed by atoms with E-state index in [1.54, 1.807) is 13.8 Å². The maximum absolute atomic E-state index is 12.6. The second-order valence-corrected chi connectivity index (χ2v) is 5.94. The second kappa shape index (κ2) is 4.92. The van der Waals surface area contributed by atoms with E-state index in [-0.39, 0.29) is 18.4 Å². The number of piperidine rings is 1. The highest BCUT2D eigenvalue weighted by atomic mass is 16.2. The molecule has 2 saturated heterocycles. The van der Waals surface area contributed by atoms with Crippen molar-refractivity contribution >= 4 is 17.7 Å². The summed E-state index contributed by atoms with van der Waals surface area (Å²) in [5.74, 6) is -0.991. The molecule has 2 unspecified atom stereocenters. The van der Waals surface area contributed by atoms with Crippen LogP contribution in [0.1, 0.15) is 33.6 Å². The lowest BCUT2D eigenvalue weighted by atomic mass is 9.89. The molecule has 6 nitrogen and oxygen atoms in total. The van der Waals surface area contributed by atoms with Gasteiger partial charge in [-0.1, -0.05) is 0 Å². The average Bonchev–Trinajstić information content (AvgIpc) is 2.33. The molecule has 106 valence electrons. The maximum atomic E-state index is 12.6. The molecule has 2 aliphatic rings. The summed E-state index contributed by atoms with van der Waals surface area (Å²) >= 11 is 0. The van der Waals surface area contributed by atoms with Crippen LogP contribution in [0.25, 0.3) is 0 Å². The van der Waals surface area contributed by atoms with Crippen molar-refractivity contribution in [2.24, 2.45) is 5.92 Å². The molecule has 0 aliphatic carbocycles. The molecule has 6 heteroatoms. The van der Waals surface area contributed by atoms with Crippen LogP contribution in [0.3, 0.4) is 0 Å².